The maximum absolute atomic E-state index is 14.3. The van der Waals surface area contributed by atoms with Gasteiger partial charge >= 0.3 is 6.03 Å². The number of hydrogen-bond donors (Lipinski definition) is 1. The van der Waals surface area contributed by atoms with E-state index in [2.05, 4.69) is 10.5 Å². The Labute approximate surface area is 187 Å². The standard InChI is InChI=1S/C24H19F4N3O2/c25-16-4-3-5-18(10-16)29-24(32)31(13-15-8-9-17(26)11-22(15)28)14-19-12-23(30-33-19)20-6-1-2-7-21(20)27/h1-11,19H,12-14H2,(H,29,32)/t19-/m1/s1. The summed E-state index contributed by atoms with van der Waals surface area (Å²) in [5, 5.41) is 6.49. The summed E-state index contributed by atoms with van der Waals surface area (Å²) in [6.45, 7) is -0.235. The Balaban J connectivity index is 1.51. The van der Waals surface area contributed by atoms with Gasteiger partial charge in [-0.25, -0.2) is 22.4 Å². The second-order valence-corrected chi connectivity index (χ2v) is 7.51. The third-order valence-corrected chi connectivity index (χ3v) is 5.08. The Kier molecular flexibility index (Phi) is 6.58. The van der Waals surface area contributed by atoms with Crippen LogP contribution in [0.1, 0.15) is 17.5 Å². The lowest BCUT2D eigenvalue weighted by Gasteiger charge is -2.25. The third-order valence-electron chi connectivity index (χ3n) is 5.08. The van der Waals surface area contributed by atoms with Crippen LogP contribution in [0.3, 0.4) is 0 Å². The summed E-state index contributed by atoms with van der Waals surface area (Å²) in [5.41, 5.74) is 0.969. The lowest BCUT2D eigenvalue weighted by Crippen LogP contribution is -2.40. The number of oxime groups is 1. The average Bonchev–Trinajstić information content (AvgIpc) is 3.23. The molecule has 1 N–H and O–H groups in total. The summed E-state index contributed by atoms with van der Waals surface area (Å²) in [5.74, 6) is -2.54. The van der Waals surface area contributed by atoms with Gasteiger partial charge in [0.05, 0.1) is 18.8 Å². The van der Waals surface area contributed by atoms with E-state index in [-0.39, 0.29) is 30.8 Å². The molecule has 0 aromatic heterocycles. The van der Waals surface area contributed by atoms with Gasteiger partial charge in [0.1, 0.15) is 23.3 Å². The number of benzene rings is 3. The summed E-state index contributed by atoms with van der Waals surface area (Å²) >= 11 is 0. The summed E-state index contributed by atoms with van der Waals surface area (Å²) in [6, 6.07) is 13.8. The zero-order valence-electron chi connectivity index (χ0n) is 17.3. The van der Waals surface area contributed by atoms with Crippen LogP contribution in [0.5, 0.6) is 0 Å². The van der Waals surface area contributed by atoms with E-state index in [9.17, 15) is 22.4 Å². The van der Waals surface area contributed by atoms with E-state index in [0.717, 1.165) is 18.2 Å². The molecule has 1 aliphatic rings. The summed E-state index contributed by atoms with van der Waals surface area (Å²) < 4.78 is 55.1. The number of amides is 2. The Bertz CT molecular complexity index is 1200. The van der Waals surface area contributed by atoms with Crippen LogP contribution in [0.2, 0.25) is 0 Å². The first-order valence-electron chi connectivity index (χ1n) is 10.1. The van der Waals surface area contributed by atoms with Crippen molar-refractivity contribution in [3.05, 3.63) is 101 Å². The van der Waals surface area contributed by atoms with Gasteiger partial charge in [-0.3, -0.25) is 0 Å². The van der Waals surface area contributed by atoms with E-state index in [1.165, 1.54) is 35.2 Å². The van der Waals surface area contributed by atoms with Gasteiger partial charge in [-0.2, -0.15) is 0 Å². The summed E-state index contributed by atoms with van der Waals surface area (Å²) in [4.78, 5) is 19.6. The minimum atomic E-state index is -0.811. The van der Waals surface area contributed by atoms with Crippen molar-refractivity contribution in [2.45, 2.75) is 19.1 Å². The Morgan fingerprint density at radius 1 is 0.970 bits per heavy atom. The number of carbonyl (C=O) groups excluding carboxylic acids is 1. The lowest BCUT2D eigenvalue weighted by molar-refractivity contribution is 0.0606. The molecule has 0 bridgehead atoms. The highest BCUT2D eigenvalue weighted by molar-refractivity contribution is 6.01. The number of carbonyl (C=O) groups is 1. The largest absolute Gasteiger partial charge is 0.390 e. The SMILES string of the molecule is O=C(Nc1cccc(F)c1)N(Cc1ccc(F)cc1F)C[C@H]1CC(c2ccccc2F)=NO1. The minimum absolute atomic E-state index is 0.0284. The van der Waals surface area contributed by atoms with E-state index >= 15 is 0 Å². The number of nitrogens with one attached hydrogen (secondary N) is 1. The van der Waals surface area contributed by atoms with Crippen molar-refractivity contribution in [1.29, 1.82) is 0 Å². The van der Waals surface area contributed by atoms with Crippen molar-refractivity contribution in [2.24, 2.45) is 5.16 Å². The fourth-order valence-corrected chi connectivity index (χ4v) is 3.47. The van der Waals surface area contributed by atoms with Crippen molar-refractivity contribution in [2.75, 3.05) is 11.9 Å². The highest BCUT2D eigenvalue weighted by Gasteiger charge is 2.28. The fraction of sp³-hybridized carbons (Fsp3) is 0.167. The monoisotopic (exact) mass is 457 g/mol. The van der Waals surface area contributed by atoms with E-state index in [0.29, 0.717) is 11.3 Å². The Morgan fingerprint density at radius 2 is 1.76 bits per heavy atom. The molecule has 0 saturated heterocycles. The van der Waals surface area contributed by atoms with Crippen molar-refractivity contribution >= 4 is 17.4 Å². The molecule has 0 aliphatic carbocycles. The zero-order chi connectivity index (χ0) is 23.4. The van der Waals surface area contributed by atoms with Crippen molar-refractivity contribution < 1.29 is 27.2 Å². The zero-order valence-corrected chi connectivity index (χ0v) is 17.3. The van der Waals surface area contributed by atoms with Crippen LogP contribution >= 0.6 is 0 Å². The molecule has 3 aromatic carbocycles. The van der Waals surface area contributed by atoms with Gasteiger partial charge in [-0.15, -0.1) is 0 Å². The molecule has 0 saturated carbocycles. The number of urea groups is 1. The Hall–Kier alpha value is -3.88. The second kappa shape index (κ2) is 9.72. The number of rotatable bonds is 6. The van der Waals surface area contributed by atoms with Crippen LogP contribution in [0.4, 0.5) is 28.0 Å². The van der Waals surface area contributed by atoms with Gasteiger partial charge in [0, 0.05) is 29.3 Å². The first-order chi connectivity index (χ1) is 15.9. The fourth-order valence-electron chi connectivity index (χ4n) is 3.47. The molecule has 33 heavy (non-hydrogen) atoms. The molecule has 0 fully saturated rings. The molecule has 3 aromatic rings. The van der Waals surface area contributed by atoms with Crippen molar-refractivity contribution in [1.82, 2.24) is 4.90 Å². The molecule has 0 spiro atoms. The predicted octanol–water partition coefficient (Wildman–Crippen LogP) is 5.47. The van der Waals surface area contributed by atoms with E-state index in [4.69, 9.17) is 4.84 Å². The highest BCUT2D eigenvalue weighted by atomic mass is 19.1. The first-order valence-corrected chi connectivity index (χ1v) is 10.1. The first kappa shape index (κ1) is 22.3. The molecule has 0 unspecified atom stereocenters. The molecule has 5 nitrogen and oxygen atoms in total. The van der Waals surface area contributed by atoms with Crippen LogP contribution in [0.15, 0.2) is 71.9 Å². The van der Waals surface area contributed by atoms with Gasteiger partial charge in [-0.1, -0.05) is 35.5 Å². The van der Waals surface area contributed by atoms with Gasteiger partial charge in [0.15, 0.2) is 6.10 Å². The summed E-state index contributed by atoms with van der Waals surface area (Å²) in [6.07, 6.45) is -0.405. The van der Waals surface area contributed by atoms with Gasteiger partial charge < -0.3 is 15.1 Å². The minimum Gasteiger partial charge on any atom is -0.390 e. The van der Waals surface area contributed by atoms with Crippen molar-refractivity contribution in [3.8, 4) is 0 Å². The number of nitrogens with zero attached hydrogens (tertiary/aromatic N) is 2. The molecule has 1 heterocycles. The highest BCUT2D eigenvalue weighted by Crippen LogP contribution is 2.22. The predicted molar refractivity (Wildman–Crippen MR) is 115 cm³/mol. The van der Waals surface area contributed by atoms with Gasteiger partial charge in [0.2, 0.25) is 0 Å². The topological polar surface area (TPSA) is 53.9 Å². The molecule has 9 heteroatoms. The molecule has 2 amide bonds. The maximum Gasteiger partial charge on any atom is 0.322 e. The van der Waals surface area contributed by atoms with Crippen LogP contribution in [-0.2, 0) is 11.4 Å². The van der Waals surface area contributed by atoms with Crippen LogP contribution in [-0.4, -0.2) is 29.3 Å². The summed E-state index contributed by atoms with van der Waals surface area (Å²) in [7, 11) is 0. The average molecular weight is 457 g/mol. The number of halogens is 4. The quantitative estimate of drug-likeness (QED) is 0.499. The molecule has 0 radical (unpaired) electrons. The van der Waals surface area contributed by atoms with Crippen LogP contribution < -0.4 is 5.32 Å². The van der Waals surface area contributed by atoms with E-state index in [1.807, 2.05) is 0 Å². The molecular formula is C24H19F4N3O2. The molecular weight excluding hydrogens is 438 g/mol. The smallest absolute Gasteiger partial charge is 0.322 e. The molecule has 1 atom stereocenters. The molecule has 170 valence electrons. The Morgan fingerprint density at radius 3 is 2.52 bits per heavy atom. The van der Waals surface area contributed by atoms with Gasteiger partial charge in [0.25, 0.3) is 0 Å². The van der Waals surface area contributed by atoms with E-state index in [1.54, 1.807) is 18.2 Å². The van der Waals surface area contributed by atoms with Crippen LogP contribution in [0.25, 0.3) is 0 Å². The molecule has 4 rings (SSSR count). The van der Waals surface area contributed by atoms with E-state index < -0.39 is 35.4 Å². The maximum atomic E-state index is 14.3. The number of hydrogen-bond acceptors (Lipinski definition) is 3. The van der Waals surface area contributed by atoms with Crippen molar-refractivity contribution in [3.63, 3.8) is 0 Å². The number of anilines is 1. The second-order valence-electron chi connectivity index (χ2n) is 7.51. The lowest BCUT2D eigenvalue weighted by atomic mass is 10.0. The van der Waals surface area contributed by atoms with Crippen LogP contribution in [0, 0.1) is 23.3 Å². The van der Waals surface area contributed by atoms with Gasteiger partial charge in [-0.05, 0) is 30.3 Å². The third kappa shape index (κ3) is 5.49. The normalized spacial score (nSPS) is 15.0. The molecule has 1 aliphatic heterocycles.